The van der Waals surface area contributed by atoms with Crippen molar-refractivity contribution in [3.8, 4) is 0 Å². The second-order valence-electron chi connectivity index (χ2n) is 7.29. The summed E-state index contributed by atoms with van der Waals surface area (Å²) >= 11 is 0. The second-order valence-corrected chi connectivity index (χ2v) is 7.29. The molecule has 0 radical (unpaired) electrons. The van der Waals surface area contributed by atoms with Crippen molar-refractivity contribution in [2.45, 2.75) is 45.7 Å². The highest BCUT2D eigenvalue weighted by Crippen LogP contribution is 2.44. The van der Waals surface area contributed by atoms with E-state index in [1.165, 1.54) is 17.1 Å². The lowest BCUT2D eigenvalue weighted by Crippen LogP contribution is -2.57. The maximum Gasteiger partial charge on any atom is 0.338 e. The van der Waals surface area contributed by atoms with Gasteiger partial charge < -0.3 is 5.32 Å². The predicted molar refractivity (Wildman–Crippen MR) is 80.1 cm³/mol. The molecule has 114 valence electrons. The number of halogens is 1. The van der Waals surface area contributed by atoms with Crippen molar-refractivity contribution in [3.63, 3.8) is 0 Å². The molecule has 2 N–H and O–H groups in total. The predicted octanol–water partition coefficient (Wildman–Crippen LogP) is 3.40. The van der Waals surface area contributed by atoms with Gasteiger partial charge in [0, 0.05) is 0 Å². The van der Waals surface area contributed by atoms with Crippen LogP contribution in [0.25, 0.3) is 0 Å². The Labute approximate surface area is 124 Å². The van der Waals surface area contributed by atoms with E-state index in [9.17, 15) is 9.18 Å². The van der Waals surface area contributed by atoms with Crippen LogP contribution in [0.15, 0.2) is 24.3 Å². The summed E-state index contributed by atoms with van der Waals surface area (Å²) in [7, 11) is 0. The summed E-state index contributed by atoms with van der Waals surface area (Å²) in [5.41, 5.74) is 3.76. The molecule has 21 heavy (non-hydrogen) atoms. The quantitative estimate of drug-likeness (QED) is 0.833. The molecule has 2 amide bonds. The number of hydrogen-bond acceptors (Lipinski definition) is 2. The van der Waals surface area contributed by atoms with Crippen LogP contribution in [0.5, 0.6) is 0 Å². The third-order valence-corrected chi connectivity index (χ3v) is 4.34. The molecule has 1 aromatic carbocycles. The summed E-state index contributed by atoms with van der Waals surface area (Å²) < 4.78 is 13.0. The number of amides is 2. The number of benzene rings is 1. The molecule has 4 nitrogen and oxygen atoms in total. The number of carbonyl (C=O) groups excluding carboxylic acids is 1. The van der Waals surface area contributed by atoms with Crippen molar-refractivity contribution in [1.29, 1.82) is 0 Å². The summed E-state index contributed by atoms with van der Waals surface area (Å²) in [5.74, 6) is 0.232. The monoisotopic (exact) mass is 291 g/mol. The maximum atomic E-state index is 13.0. The van der Waals surface area contributed by atoms with Gasteiger partial charge in [-0.05, 0) is 54.9 Å². The molecule has 1 heterocycles. The molecule has 0 unspecified atom stereocenters. The highest BCUT2D eigenvalue weighted by atomic mass is 19.1. The van der Waals surface area contributed by atoms with Gasteiger partial charge in [0.1, 0.15) is 11.5 Å². The largest absolute Gasteiger partial charge is 0.338 e. The number of hydrogen-bond donors (Lipinski definition) is 2. The third kappa shape index (κ3) is 2.75. The van der Waals surface area contributed by atoms with Crippen LogP contribution in [0.4, 0.5) is 14.9 Å². The van der Waals surface area contributed by atoms with E-state index in [1.807, 2.05) is 0 Å². The molecule has 1 aliphatic heterocycles. The van der Waals surface area contributed by atoms with E-state index >= 15 is 0 Å². The number of nitrogens with one attached hydrogen (secondary N) is 2. The minimum Gasteiger partial charge on any atom is -0.317 e. The number of nitrogens with zero attached hydrogens (tertiary/aromatic N) is 1. The third-order valence-electron chi connectivity index (χ3n) is 4.34. The Hall–Kier alpha value is -1.62. The molecule has 5 heteroatoms. The average molecular weight is 291 g/mol. The standard InChI is InChI=1S/C16H22FN3O/c1-11-8-15(2,3)10-16(9-11)18-14(21)20(19-16)13-6-4-12(17)5-7-13/h4-7,11,19H,8-10H2,1-3H3,(H,18,21)/t11-,16-/m0/s1. The van der Waals surface area contributed by atoms with Crippen molar-refractivity contribution < 1.29 is 9.18 Å². The molecule has 2 fully saturated rings. The van der Waals surface area contributed by atoms with Crippen LogP contribution in [0.2, 0.25) is 0 Å². The van der Waals surface area contributed by atoms with Gasteiger partial charge in [0.15, 0.2) is 0 Å². The van der Waals surface area contributed by atoms with Gasteiger partial charge >= 0.3 is 6.03 Å². The van der Waals surface area contributed by atoms with Gasteiger partial charge in [0.05, 0.1) is 5.69 Å². The number of anilines is 1. The smallest absolute Gasteiger partial charge is 0.317 e. The normalized spacial score (nSPS) is 31.5. The zero-order valence-corrected chi connectivity index (χ0v) is 12.7. The van der Waals surface area contributed by atoms with Gasteiger partial charge in [0.25, 0.3) is 0 Å². The zero-order chi connectivity index (χ0) is 15.3. The number of hydrazine groups is 1. The highest BCUT2D eigenvalue weighted by molar-refractivity contribution is 5.93. The molecule has 1 saturated carbocycles. The van der Waals surface area contributed by atoms with Gasteiger partial charge in [-0.15, -0.1) is 0 Å². The topological polar surface area (TPSA) is 44.4 Å². The fraction of sp³-hybridized carbons (Fsp3) is 0.562. The Kier molecular flexibility index (Phi) is 3.20. The van der Waals surface area contributed by atoms with E-state index < -0.39 is 5.66 Å². The molecule has 2 atom stereocenters. The van der Waals surface area contributed by atoms with Gasteiger partial charge in [-0.25, -0.2) is 19.6 Å². The Morgan fingerprint density at radius 1 is 1.24 bits per heavy atom. The van der Waals surface area contributed by atoms with Crippen molar-refractivity contribution in [1.82, 2.24) is 10.7 Å². The van der Waals surface area contributed by atoms with Crippen molar-refractivity contribution >= 4 is 11.7 Å². The molecule has 1 aromatic rings. The van der Waals surface area contributed by atoms with E-state index in [2.05, 4.69) is 31.5 Å². The maximum absolute atomic E-state index is 13.0. The Bertz CT molecular complexity index is 557. The van der Waals surface area contributed by atoms with Crippen molar-refractivity contribution in [3.05, 3.63) is 30.1 Å². The molecule has 3 rings (SSSR count). The van der Waals surface area contributed by atoms with Crippen LogP contribution in [0.1, 0.15) is 40.0 Å². The first-order chi connectivity index (χ1) is 9.79. The SMILES string of the molecule is C[C@H]1CC(C)(C)C[C@@]2(C1)NC(=O)N(c1ccc(F)cc1)N2. The van der Waals surface area contributed by atoms with Gasteiger partial charge in [0.2, 0.25) is 0 Å². The lowest BCUT2D eigenvalue weighted by Gasteiger charge is -2.45. The van der Waals surface area contributed by atoms with E-state index in [4.69, 9.17) is 0 Å². The lowest BCUT2D eigenvalue weighted by molar-refractivity contribution is 0.0812. The minimum atomic E-state index is -0.396. The minimum absolute atomic E-state index is 0.175. The molecular weight excluding hydrogens is 269 g/mol. The van der Waals surface area contributed by atoms with Gasteiger partial charge in [-0.1, -0.05) is 20.8 Å². The number of carbonyl (C=O) groups is 1. The summed E-state index contributed by atoms with van der Waals surface area (Å²) in [6.07, 6.45) is 2.94. The highest BCUT2D eigenvalue weighted by Gasteiger charge is 2.49. The van der Waals surface area contributed by atoms with Crippen molar-refractivity contribution in [2.75, 3.05) is 5.01 Å². The molecule has 1 aliphatic carbocycles. The summed E-state index contributed by atoms with van der Waals surface area (Å²) in [6.45, 7) is 6.69. The molecular formula is C16H22FN3O. The van der Waals surface area contributed by atoms with Crippen LogP contribution < -0.4 is 15.8 Å². The first-order valence-corrected chi connectivity index (χ1v) is 7.44. The molecule has 2 aliphatic rings. The molecule has 1 spiro atoms. The van der Waals surface area contributed by atoms with Gasteiger partial charge in [-0.2, -0.15) is 0 Å². The number of urea groups is 1. The van der Waals surface area contributed by atoms with Crippen LogP contribution in [-0.4, -0.2) is 11.7 Å². The van der Waals surface area contributed by atoms with E-state index in [-0.39, 0.29) is 17.3 Å². The Morgan fingerprint density at radius 2 is 1.90 bits per heavy atom. The zero-order valence-electron chi connectivity index (χ0n) is 12.7. The van der Waals surface area contributed by atoms with Crippen LogP contribution in [0.3, 0.4) is 0 Å². The fourth-order valence-corrected chi connectivity index (χ4v) is 4.08. The fourth-order valence-electron chi connectivity index (χ4n) is 4.08. The van der Waals surface area contributed by atoms with E-state index in [0.717, 1.165) is 19.3 Å². The lowest BCUT2D eigenvalue weighted by atomic mass is 9.68. The van der Waals surface area contributed by atoms with Crippen LogP contribution in [-0.2, 0) is 0 Å². The Morgan fingerprint density at radius 3 is 2.52 bits per heavy atom. The summed E-state index contributed by atoms with van der Waals surface area (Å²) in [5, 5.41) is 4.59. The molecule has 0 bridgehead atoms. The van der Waals surface area contributed by atoms with Crippen LogP contribution >= 0.6 is 0 Å². The Balaban J connectivity index is 1.85. The summed E-state index contributed by atoms with van der Waals surface area (Å²) in [4.78, 5) is 12.3. The van der Waals surface area contributed by atoms with Crippen LogP contribution in [0, 0.1) is 17.2 Å². The van der Waals surface area contributed by atoms with E-state index in [0.29, 0.717) is 11.6 Å². The van der Waals surface area contributed by atoms with Crippen molar-refractivity contribution in [2.24, 2.45) is 11.3 Å². The molecule has 1 saturated heterocycles. The first-order valence-electron chi connectivity index (χ1n) is 7.44. The summed E-state index contributed by atoms with van der Waals surface area (Å²) in [6, 6.07) is 5.77. The average Bonchev–Trinajstić information content (AvgIpc) is 2.63. The van der Waals surface area contributed by atoms with E-state index in [1.54, 1.807) is 12.1 Å². The second kappa shape index (κ2) is 4.70. The van der Waals surface area contributed by atoms with Gasteiger partial charge in [-0.3, -0.25) is 0 Å². The first kappa shape index (κ1) is 14.3. The number of rotatable bonds is 1. The molecule has 0 aromatic heterocycles.